The maximum absolute atomic E-state index is 11.8. The number of hydrogen-bond acceptors (Lipinski definition) is 2. The molecule has 0 radical (unpaired) electrons. The van der Waals surface area contributed by atoms with Crippen LogP contribution in [0.15, 0.2) is 23.9 Å². The molecule has 1 fully saturated rings. The molecule has 80 valence electrons. The summed E-state index contributed by atoms with van der Waals surface area (Å²) in [5.41, 5.74) is 1.84. The molecule has 1 aromatic rings. The zero-order valence-corrected chi connectivity index (χ0v) is 9.07. The van der Waals surface area contributed by atoms with Gasteiger partial charge < -0.3 is 0 Å². The van der Waals surface area contributed by atoms with Gasteiger partial charge in [-0.1, -0.05) is 12.0 Å². The minimum absolute atomic E-state index is 0.0486. The van der Waals surface area contributed by atoms with Crippen LogP contribution in [0.1, 0.15) is 42.6 Å². The smallest absolute Gasteiger partial charge is 0.205 e. The average molecular weight is 204 g/mol. The summed E-state index contributed by atoms with van der Waals surface area (Å²) >= 11 is 0. The number of aromatic nitrogens is 2. The van der Waals surface area contributed by atoms with Crippen LogP contribution in [0.2, 0.25) is 0 Å². The van der Waals surface area contributed by atoms with E-state index in [-0.39, 0.29) is 5.78 Å². The van der Waals surface area contributed by atoms with Crippen molar-refractivity contribution in [2.24, 2.45) is 7.05 Å². The van der Waals surface area contributed by atoms with Crippen LogP contribution in [-0.4, -0.2) is 15.6 Å². The van der Waals surface area contributed by atoms with Gasteiger partial charge in [-0.05, 0) is 37.8 Å². The highest BCUT2D eigenvalue weighted by Gasteiger charge is 2.10. The van der Waals surface area contributed by atoms with E-state index in [0.29, 0.717) is 5.69 Å². The summed E-state index contributed by atoms with van der Waals surface area (Å²) in [4.78, 5) is 11.8. The molecule has 0 unspecified atom stereocenters. The number of carbonyl (C=O) groups excluding carboxylic acids is 1. The fourth-order valence-electron chi connectivity index (χ4n) is 1.96. The number of aryl methyl sites for hydroxylation is 1. The summed E-state index contributed by atoms with van der Waals surface area (Å²) in [6, 6.07) is 1.77. The normalized spacial score (nSPS) is 16.5. The Hall–Kier alpha value is -1.38. The van der Waals surface area contributed by atoms with Crippen molar-refractivity contribution < 1.29 is 4.79 Å². The highest BCUT2D eigenvalue weighted by molar-refractivity contribution is 6.03. The maximum atomic E-state index is 11.8. The monoisotopic (exact) mass is 204 g/mol. The van der Waals surface area contributed by atoms with Crippen molar-refractivity contribution in [2.75, 3.05) is 0 Å². The Balaban J connectivity index is 2.08. The predicted octanol–water partition coefficient (Wildman–Crippen LogP) is 2.49. The molecule has 1 aliphatic rings. The van der Waals surface area contributed by atoms with E-state index >= 15 is 0 Å². The van der Waals surface area contributed by atoms with E-state index in [9.17, 15) is 4.79 Å². The molecule has 0 N–H and O–H groups in total. The third kappa shape index (κ3) is 2.55. The fraction of sp³-hybridized carbons (Fsp3) is 0.500. The molecule has 0 aromatic carbocycles. The molecular weight excluding hydrogens is 188 g/mol. The first-order valence-corrected chi connectivity index (χ1v) is 5.49. The standard InChI is InChI=1S/C12H16N2O/c1-14-8-7-11(13-14)12(15)9-10-5-3-2-4-6-10/h7-9H,2-6H2,1H3. The lowest BCUT2D eigenvalue weighted by Gasteiger charge is -2.12. The first kappa shape index (κ1) is 10.1. The Kier molecular flexibility index (Phi) is 2.99. The van der Waals surface area contributed by atoms with Crippen molar-refractivity contribution in [3.63, 3.8) is 0 Å². The van der Waals surface area contributed by atoms with Gasteiger partial charge in [0.25, 0.3) is 0 Å². The summed E-state index contributed by atoms with van der Waals surface area (Å²) < 4.78 is 1.66. The van der Waals surface area contributed by atoms with Gasteiger partial charge in [0.15, 0.2) is 0 Å². The molecule has 1 aliphatic carbocycles. The molecule has 0 bridgehead atoms. The van der Waals surface area contributed by atoms with Gasteiger partial charge in [0.2, 0.25) is 5.78 Å². The molecule has 3 heteroatoms. The Morgan fingerprint density at radius 1 is 1.40 bits per heavy atom. The van der Waals surface area contributed by atoms with Crippen LogP contribution < -0.4 is 0 Å². The lowest BCUT2D eigenvalue weighted by Crippen LogP contribution is -2.01. The molecule has 0 atom stereocenters. The molecule has 0 aliphatic heterocycles. The molecule has 0 spiro atoms. The molecule has 1 aromatic heterocycles. The van der Waals surface area contributed by atoms with Crippen molar-refractivity contribution in [3.8, 4) is 0 Å². The quantitative estimate of drug-likeness (QED) is 0.548. The Bertz CT molecular complexity index is 382. The lowest BCUT2D eigenvalue weighted by atomic mass is 9.94. The summed E-state index contributed by atoms with van der Waals surface area (Å²) in [5, 5.41) is 4.10. The Labute approximate surface area is 89.8 Å². The molecule has 1 heterocycles. The largest absolute Gasteiger partial charge is 0.287 e. The van der Waals surface area contributed by atoms with Gasteiger partial charge in [-0.2, -0.15) is 5.10 Å². The van der Waals surface area contributed by atoms with Crippen LogP contribution in [0.3, 0.4) is 0 Å². The summed E-state index contributed by atoms with van der Waals surface area (Å²) in [6.07, 6.45) is 9.49. The third-order valence-electron chi connectivity index (χ3n) is 2.80. The molecule has 1 saturated carbocycles. The van der Waals surface area contributed by atoms with Gasteiger partial charge in [-0.3, -0.25) is 9.48 Å². The second-order valence-electron chi connectivity index (χ2n) is 4.10. The minimum atomic E-state index is 0.0486. The predicted molar refractivity (Wildman–Crippen MR) is 58.7 cm³/mol. The van der Waals surface area contributed by atoms with E-state index in [1.165, 1.54) is 24.8 Å². The molecule has 15 heavy (non-hydrogen) atoms. The van der Waals surface area contributed by atoms with Gasteiger partial charge >= 0.3 is 0 Å². The number of ketones is 1. The van der Waals surface area contributed by atoms with E-state index in [4.69, 9.17) is 0 Å². The third-order valence-corrected chi connectivity index (χ3v) is 2.80. The summed E-state index contributed by atoms with van der Waals surface area (Å²) in [7, 11) is 1.82. The number of hydrogen-bond donors (Lipinski definition) is 0. The van der Waals surface area contributed by atoms with Crippen LogP contribution in [0.5, 0.6) is 0 Å². The van der Waals surface area contributed by atoms with E-state index in [1.54, 1.807) is 23.0 Å². The zero-order chi connectivity index (χ0) is 10.7. The number of rotatable bonds is 2. The van der Waals surface area contributed by atoms with Crippen LogP contribution in [0.25, 0.3) is 0 Å². The first-order chi connectivity index (χ1) is 7.25. The Morgan fingerprint density at radius 2 is 2.13 bits per heavy atom. The van der Waals surface area contributed by atoms with Crippen molar-refractivity contribution in [2.45, 2.75) is 32.1 Å². The van der Waals surface area contributed by atoms with Crippen LogP contribution >= 0.6 is 0 Å². The number of carbonyl (C=O) groups is 1. The number of nitrogens with zero attached hydrogens (tertiary/aromatic N) is 2. The molecular formula is C12H16N2O. The lowest BCUT2D eigenvalue weighted by molar-refractivity contribution is 0.104. The highest BCUT2D eigenvalue weighted by Crippen LogP contribution is 2.22. The van der Waals surface area contributed by atoms with Crippen LogP contribution in [-0.2, 0) is 7.05 Å². The van der Waals surface area contributed by atoms with Gasteiger partial charge in [0.1, 0.15) is 5.69 Å². The zero-order valence-electron chi connectivity index (χ0n) is 9.07. The van der Waals surface area contributed by atoms with E-state index in [0.717, 1.165) is 12.8 Å². The molecule has 2 rings (SSSR count). The van der Waals surface area contributed by atoms with Gasteiger partial charge in [0.05, 0.1) is 0 Å². The van der Waals surface area contributed by atoms with Crippen LogP contribution in [0, 0.1) is 0 Å². The maximum Gasteiger partial charge on any atom is 0.205 e. The fourth-order valence-corrected chi connectivity index (χ4v) is 1.96. The van der Waals surface area contributed by atoms with Crippen molar-refractivity contribution in [3.05, 3.63) is 29.6 Å². The molecule has 3 nitrogen and oxygen atoms in total. The van der Waals surface area contributed by atoms with E-state index < -0.39 is 0 Å². The van der Waals surface area contributed by atoms with Crippen LogP contribution in [0.4, 0.5) is 0 Å². The molecule has 0 saturated heterocycles. The summed E-state index contributed by atoms with van der Waals surface area (Å²) in [6.45, 7) is 0. The topological polar surface area (TPSA) is 34.9 Å². The van der Waals surface area contributed by atoms with Gasteiger partial charge in [-0.25, -0.2) is 0 Å². The summed E-state index contributed by atoms with van der Waals surface area (Å²) in [5.74, 6) is 0.0486. The van der Waals surface area contributed by atoms with Crippen molar-refractivity contribution >= 4 is 5.78 Å². The molecule has 0 amide bonds. The van der Waals surface area contributed by atoms with Gasteiger partial charge in [0, 0.05) is 13.2 Å². The van der Waals surface area contributed by atoms with Crippen molar-refractivity contribution in [1.29, 1.82) is 0 Å². The highest BCUT2D eigenvalue weighted by atomic mass is 16.1. The van der Waals surface area contributed by atoms with E-state index in [2.05, 4.69) is 5.10 Å². The van der Waals surface area contributed by atoms with E-state index in [1.807, 2.05) is 7.05 Å². The second-order valence-corrected chi connectivity index (χ2v) is 4.10. The average Bonchev–Trinajstić information content (AvgIpc) is 2.66. The van der Waals surface area contributed by atoms with Crippen molar-refractivity contribution in [1.82, 2.24) is 9.78 Å². The SMILES string of the molecule is Cn1ccc(C(=O)C=C2CCCCC2)n1. The minimum Gasteiger partial charge on any atom is -0.287 e. The second kappa shape index (κ2) is 4.43. The first-order valence-electron chi connectivity index (χ1n) is 5.49. The van der Waals surface area contributed by atoms with Gasteiger partial charge in [-0.15, -0.1) is 0 Å². The Morgan fingerprint density at radius 3 is 2.73 bits per heavy atom. The number of allylic oxidation sites excluding steroid dienone is 2.